The molecule has 0 saturated carbocycles. The summed E-state index contributed by atoms with van der Waals surface area (Å²) < 4.78 is 5.50. The molecule has 32 heavy (non-hydrogen) atoms. The van der Waals surface area contributed by atoms with Crippen molar-refractivity contribution in [3.63, 3.8) is 0 Å². The summed E-state index contributed by atoms with van der Waals surface area (Å²) in [5.41, 5.74) is 1.84. The van der Waals surface area contributed by atoms with Crippen LogP contribution in [0.4, 0.5) is 0 Å². The second-order valence-electron chi connectivity index (χ2n) is 7.65. The first-order chi connectivity index (χ1) is 15.5. The number of amides is 2. The highest BCUT2D eigenvalue weighted by atomic mass is 35.5. The fourth-order valence-electron chi connectivity index (χ4n) is 3.39. The number of allylic oxidation sites excluding steroid dienone is 1. The summed E-state index contributed by atoms with van der Waals surface area (Å²) in [6.07, 6.45) is 5.64. The number of aryl methyl sites for hydroxylation is 1. The standard InChI is InChI=1S/C25H27ClN2O4/c26-20-14-11-18(12-15-20)13-16-24(30)27-21-9-5-2-6-10-23(29)28-22(17-32-25(21)31)19-7-3-1-4-8-19/h1-5,7-8,11-12,14-15,21-22H,6,9-10,13,16-17H2,(H,27,30)(H,28,29)/b5-2-/t21-,22+/m1/s1. The number of hydrogen-bond acceptors (Lipinski definition) is 4. The molecule has 0 aromatic heterocycles. The van der Waals surface area contributed by atoms with E-state index in [0.717, 1.165) is 11.1 Å². The predicted molar refractivity (Wildman–Crippen MR) is 123 cm³/mol. The van der Waals surface area contributed by atoms with E-state index >= 15 is 0 Å². The lowest BCUT2D eigenvalue weighted by Gasteiger charge is -2.22. The molecule has 168 valence electrons. The number of cyclic esters (lactones) is 1. The van der Waals surface area contributed by atoms with E-state index in [1.807, 2.05) is 48.5 Å². The maximum absolute atomic E-state index is 12.7. The second kappa shape index (κ2) is 12.1. The third kappa shape index (κ3) is 7.54. The van der Waals surface area contributed by atoms with Gasteiger partial charge in [-0.2, -0.15) is 0 Å². The largest absolute Gasteiger partial charge is 0.462 e. The Balaban J connectivity index is 1.62. The van der Waals surface area contributed by atoms with Gasteiger partial charge in [-0.15, -0.1) is 0 Å². The van der Waals surface area contributed by atoms with E-state index in [1.54, 1.807) is 18.2 Å². The molecule has 6 nitrogen and oxygen atoms in total. The molecular weight excluding hydrogens is 428 g/mol. The summed E-state index contributed by atoms with van der Waals surface area (Å²) >= 11 is 5.89. The third-order valence-corrected chi connectivity index (χ3v) is 5.43. The number of carbonyl (C=O) groups excluding carboxylic acids is 3. The SMILES string of the molecule is O=C1CC/C=C\C[C@@H](NC(=O)CCc2ccc(Cl)cc2)C(=O)OC[C@@H](c2ccccc2)N1. The zero-order chi connectivity index (χ0) is 22.8. The highest BCUT2D eigenvalue weighted by Gasteiger charge is 2.24. The molecule has 0 fully saturated rings. The smallest absolute Gasteiger partial charge is 0.329 e. The van der Waals surface area contributed by atoms with Crippen LogP contribution in [0.2, 0.25) is 5.02 Å². The normalized spacial score (nSPS) is 20.8. The Kier molecular flexibility index (Phi) is 8.87. The Hall–Kier alpha value is -3.12. The van der Waals surface area contributed by atoms with E-state index in [1.165, 1.54) is 0 Å². The number of ether oxygens (including phenoxy) is 1. The van der Waals surface area contributed by atoms with Gasteiger partial charge in [0.1, 0.15) is 12.6 Å². The molecule has 0 bridgehead atoms. The predicted octanol–water partition coefficient (Wildman–Crippen LogP) is 3.90. The van der Waals surface area contributed by atoms with E-state index < -0.39 is 18.1 Å². The molecule has 0 saturated heterocycles. The zero-order valence-electron chi connectivity index (χ0n) is 17.8. The van der Waals surface area contributed by atoms with Gasteiger partial charge in [0.15, 0.2) is 0 Å². The van der Waals surface area contributed by atoms with Gasteiger partial charge in [-0.1, -0.05) is 66.2 Å². The van der Waals surface area contributed by atoms with Crippen LogP contribution in [0.15, 0.2) is 66.7 Å². The molecule has 7 heteroatoms. The van der Waals surface area contributed by atoms with Gasteiger partial charge in [0.2, 0.25) is 11.8 Å². The Labute approximate surface area is 193 Å². The van der Waals surface area contributed by atoms with Crippen LogP contribution in [0, 0.1) is 0 Å². The maximum Gasteiger partial charge on any atom is 0.329 e. The molecule has 3 rings (SSSR count). The van der Waals surface area contributed by atoms with Crippen molar-refractivity contribution in [3.05, 3.63) is 82.9 Å². The molecule has 2 aromatic rings. The van der Waals surface area contributed by atoms with E-state index in [9.17, 15) is 14.4 Å². The lowest BCUT2D eigenvalue weighted by Crippen LogP contribution is -2.43. The molecule has 2 atom stereocenters. The van der Waals surface area contributed by atoms with E-state index in [4.69, 9.17) is 16.3 Å². The van der Waals surface area contributed by atoms with Gasteiger partial charge in [-0.25, -0.2) is 4.79 Å². The van der Waals surface area contributed by atoms with Crippen LogP contribution in [0.5, 0.6) is 0 Å². The van der Waals surface area contributed by atoms with Crippen LogP contribution >= 0.6 is 11.6 Å². The number of hydrogen-bond donors (Lipinski definition) is 2. The van der Waals surface area contributed by atoms with Crippen molar-refractivity contribution in [2.45, 2.75) is 44.2 Å². The molecule has 1 heterocycles. The number of esters is 1. The number of halogens is 1. The van der Waals surface area contributed by atoms with E-state index in [-0.39, 0.29) is 24.8 Å². The van der Waals surface area contributed by atoms with Gasteiger partial charge in [0, 0.05) is 17.9 Å². The molecule has 0 aliphatic carbocycles. The molecule has 1 aliphatic heterocycles. The molecule has 2 N–H and O–H groups in total. The van der Waals surface area contributed by atoms with Crippen molar-refractivity contribution in [3.8, 4) is 0 Å². The van der Waals surface area contributed by atoms with Crippen LogP contribution in [0.25, 0.3) is 0 Å². The van der Waals surface area contributed by atoms with Gasteiger partial charge >= 0.3 is 5.97 Å². The molecule has 0 radical (unpaired) electrons. The Morgan fingerprint density at radius 1 is 1.06 bits per heavy atom. The number of rotatable bonds is 5. The fourth-order valence-corrected chi connectivity index (χ4v) is 3.52. The van der Waals surface area contributed by atoms with Gasteiger partial charge in [0.05, 0.1) is 6.04 Å². The molecule has 1 aliphatic rings. The zero-order valence-corrected chi connectivity index (χ0v) is 18.5. The summed E-state index contributed by atoms with van der Waals surface area (Å²) in [4.78, 5) is 37.4. The van der Waals surface area contributed by atoms with Crippen LogP contribution in [-0.2, 0) is 25.5 Å². The molecule has 0 spiro atoms. The van der Waals surface area contributed by atoms with Crippen LogP contribution < -0.4 is 10.6 Å². The Bertz CT molecular complexity index is 944. The number of carbonyl (C=O) groups is 3. The number of nitrogens with one attached hydrogen (secondary N) is 2. The topological polar surface area (TPSA) is 84.5 Å². The summed E-state index contributed by atoms with van der Waals surface area (Å²) in [5, 5.41) is 6.35. The summed E-state index contributed by atoms with van der Waals surface area (Å²) in [5.74, 6) is -0.854. The van der Waals surface area contributed by atoms with Crippen LogP contribution in [-0.4, -0.2) is 30.4 Å². The summed E-state index contributed by atoms with van der Waals surface area (Å²) in [7, 11) is 0. The molecular formula is C25H27ClN2O4. The second-order valence-corrected chi connectivity index (χ2v) is 8.09. The van der Waals surface area contributed by atoms with Gasteiger partial charge < -0.3 is 15.4 Å². The summed E-state index contributed by atoms with van der Waals surface area (Å²) in [6.45, 7) is -0.00452. The fraction of sp³-hybridized carbons (Fsp3) is 0.320. The monoisotopic (exact) mass is 454 g/mol. The highest BCUT2D eigenvalue weighted by molar-refractivity contribution is 6.30. The summed E-state index contributed by atoms with van der Waals surface area (Å²) in [6, 6.07) is 15.5. The average Bonchev–Trinajstić information content (AvgIpc) is 2.80. The van der Waals surface area contributed by atoms with E-state index in [0.29, 0.717) is 30.7 Å². The van der Waals surface area contributed by atoms with Crippen molar-refractivity contribution in [1.82, 2.24) is 10.6 Å². The van der Waals surface area contributed by atoms with Crippen molar-refractivity contribution in [2.75, 3.05) is 6.61 Å². The van der Waals surface area contributed by atoms with Gasteiger partial charge in [0.25, 0.3) is 0 Å². The minimum absolute atomic E-state index is 0.00452. The average molecular weight is 455 g/mol. The van der Waals surface area contributed by atoms with Crippen molar-refractivity contribution in [1.29, 1.82) is 0 Å². The van der Waals surface area contributed by atoms with Crippen molar-refractivity contribution < 1.29 is 19.1 Å². The lowest BCUT2D eigenvalue weighted by molar-refractivity contribution is -0.149. The number of benzene rings is 2. The van der Waals surface area contributed by atoms with Crippen LogP contribution in [0.1, 0.15) is 42.9 Å². The minimum atomic E-state index is -0.782. The molecule has 2 amide bonds. The minimum Gasteiger partial charge on any atom is -0.462 e. The first-order valence-corrected chi connectivity index (χ1v) is 11.1. The molecule has 2 aromatic carbocycles. The van der Waals surface area contributed by atoms with Gasteiger partial charge in [-0.3, -0.25) is 9.59 Å². The van der Waals surface area contributed by atoms with Crippen LogP contribution in [0.3, 0.4) is 0 Å². The third-order valence-electron chi connectivity index (χ3n) is 5.18. The highest BCUT2D eigenvalue weighted by Crippen LogP contribution is 2.15. The first kappa shape index (κ1) is 23.5. The Morgan fingerprint density at radius 3 is 2.56 bits per heavy atom. The quantitative estimate of drug-likeness (QED) is 0.530. The molecule has 0 unspecified atom stereocenters. The van der Waals surface area contributed by atoms with Crippen molar-refractivity contribution in [2.24, 2.45) is 0 Å². The first-order valence-electron chi connectivity index (χ1n) is 10.7. The van der Waals surface area contributed by atoms with Gasteiger partial charge in [-0.05, 0) is 42.5 Å². The van der Waals surface area contributed by atoms with Crippen molar-refractivity contribution >= 4 is 29.4 Å². The Morgan fingerprint density at radius 2 is 1.81 bits per heavy atom. The lowest BCUT2D eigenvalue weighted by atomic mass is 10.1. The van der Waals surface area contributed by atoms with E-state index in [2.05, 4.69) is 10.6 Å². The maximum atomic E-state index is 12.7.